The van der Waals surface area contributed by atoms with E-state index in [1.54, 1.807) is 7.11 Å². The van der Waals surface area contributed by atoms with E-state index in [4.69, 9.17) is 15.2 Å². The third-order valence-electron chi connectivity index (χ3n) is 6.75. The third kappa shape index (κ3) is 6.00. The van der Waals surface area contributed by atoms with Crippen LogP contribution in [0.3, 0.4) is 0 Å². The number of methoxy groups -OCH3 is 1. The van der Waals surface area contributed by atoms with Crippen molar-refractivity contribution >= 4 is 23.3 Å². The number of ether oxygens (including phenoxy) is 2. The molecule has 1 fully saturated rings. The van der Waals surface area contributed by atoms with E-state index in [9.17, 15) is 9.59 Å². The van der Waals surface area contributed by atoms with Gasteiger partial charge in [-0.1, -0.05) is 49.9 Å². The number of nitrogens with two attached hydrogens (primary N) is 1. The number of Topliss-reactive ketones (excluding diaryl/α,β-unsaturated/α-hetero) is 1. The number of benzene rings is 2. The van der Waals surface area contributed by atoms with E-state index in [0.717, 1.165) is 36.3 Å². The molecule has 2 aromatic carbocycles. The highest BCUT2D eigenvalue weighted by Gasteiger charge is 2.35. The van der Waals surface area contributed by atoms with Crippen LogP contribution < -0.4 is 15.4 Å². The molecule has 0 spiro atoms. The van der Waals surface area contributed by atoms with Gasteiger partial charge in [-0.15, -0.1) is 0 Å². The van der Waals surface area contributed by atoms with Gasteiger partial charge in [-0.2, -0.15) is 9.97 Å². The third-order valence-corrected chi connectivity index (χ3v) is 6.75. The van der Waals surface area contributed by atoms with E-state index in [1.165, 1.54) is 23.3 Å². The minimum atomic E-state index is -0.618. The number of amides is 1. The molecular formula is C29H35N5O4. The standard InChI is InChI=1S/C28H31N5O4.CH4/c1-36-13-14-37-28-30-25(29)23-16-24(34)27(35)33(26(23)31-28)18-19-7-9-21(10-8-19)22-6-4-5-20(15-22)17-32-11-2-3-12-32;/h4-10,15H,2-3,11-14,16-18H2,1H3,(H2,29,30,31);1H4. The van der Waals surface area contributed by atoms with Crippen LogP contribution in [0.2, 0.25) is 0 Å². The Morgan fingerprint density at radius 2 is 1.68 bits per heavy atom. The number of anilines is 2. The largest absolute Gasteiger partial charge is 0.461 e. The summed E-state index contributed by atoms with van der Waals surface area (Å²) in [6.45, 7) is 4.07. The lowest BCUT2D eigenvalue weighted by molar-refractivity contribution is -0.136. The number of hydrogen-bond donors (Lipinski definition) is 1. The van der Waals surface area contributed by atoms with Crippen molar-refractivity contribution < 1.29 is 19.1 Å². The topological polar surface area (TPSA) is 111 Å². The molecule has 38 heavy (non-hydrogen) atoms. The molecule has 0 bridgehead atoms. The Labute approximate surface area is 223 Å². The summed E-state index contributed by atoms with van der Waals surface area (Å²) < 4.78 is 10.5. The van der Waals surface area contributed by atoms with E-state index < -0.39 is 11.7 Å². The Kier molecular flexibility index (Phi) is 8.70. The summed E-state index contributed by atoms with van der Waals surface area (Å²) in [5.74, 6) is -0.718. The molecule has 9 nitrogen and oxygen atoms in total. The summed E-state index contributed by atoms with van der Waals surface area (Å²) in [6.07, 6.45) is 2.43. The van der Waals surface area contributed by atoms with Crippen molar-refractivity contribution in [3.05, 3.63) is 65.2 Å². The number of ketones is 1. The Morgan fingerprint density at radius 3 is 2.42 bits per heavy atom. The lowest BCUT2D eigenvalue weighted by Gasteiger charge is -2.28. The van der Waals surface area contributed by atoms with Crippen molar-refractivity contribution in [2.75, 3.05) is 44.0 Å². The number of aromatic nitrogens is 2. The van der Waals surface area contributed by atoms with E-state index >= 15 is 0 Å². The van der Waals surface area contributed by atoms with Crippen LogP contribution in [0.5, 0.6) is 6.01 Å². The maximum atomic E-state index is 12.9. The van der Waals surface area contributed by atoms with Crippen LogP contribution >= 0.6 is 0 Å². The second-order valence-corrected chi connectivity index (χ2v) is 9.41. The number of rotatable bonds is 9. The molecule has 1 aromatic heterocycles. The molecule has 3 heterocycles. The highest BCUT2D eigenvalue weighted by molar-refractivity contribution is 6.43. The van der Waals surface area contributed by atoms with Crippen LogP contribution in [0.25, 0.3) is 11.1 Å². The molecule has 1 saturated heterocycles. The van der Waals surface area contributed by atoms with Gasteiger partial charge in [0.15, 0.2) is 0 Å². The van der Waals surface area contributed by atoms with Crippen LogP contribution in [0, 0.1) is 0 Å². The lowest BCUT2D eigenvalue weighted by Crippen LogP contribution is -2.42. The summed E-state index contributed by atoms with van der Waals surface area (Å²) in [5.41, 5.74) is 11.0. The molecule has 2 aliphatic rings. The second-order valence-electron chi connectivity index (χ2n) is 9.41. The van der Waals surface area contributed by atoms with Gasteiger partial charge in [0.1, 0.15) is 18.2 Å². The molecule has 5 rings (SSSR count). The molecular weight excluding hydrogens is 482 g/mol. The number of hydrogen-bond acceptors (Lipinski definition) is 8. The zero-order chi connectivity index (χ0) is 25.8. The molecule has 0 unspecified atom stereocenters. The maximum absolute atomic E-state index is 12.9. The first-order valence-electron chi connectivity index (χ1n) is 12.6. The minimum absolute atomic E-state index is 0. The van der Waals surface area contributed by atoms with Gasteiger partial charge in [-0.25, -0.2) is 0 Å². The maximum Gasteiger partial charge on any atom is 0.320 e. The number of nitrogen functional groups attached to an aromatic ring is 1. The van der Waals surface area contributed by atoms with Gasteiger partial charge in [0.05, 0.1) is 13.2 Å². The molecule has 0 saturated carbocycles. The summed E-state index contributed by atoms with van der Waals surface area (Å²) in [5, 5.41) is 0. The van der Waals surface area contributed by atoms with Crippen molar-refractivity contribution in [3.63, 3.8) is 0 Å². The first-order valence-corrected chi connectivity index (χ1v) is 12.6. The van der Waals surface area contributed by atoms with Gasteiger partial charge in [0, 0.05) is 25.6 Å². The molecule has 0 aliphatic carbocycles. The van der Waals surface area contributed by atoms with E-state index in [1.807, 2.05) is 24.3 Å². The van der Waals surface area contributed by atoms with E-state index in [-0.39, 0.29) is 38.8 Å². The second kappa shape index (κ2) is 12.1. The quantitative estimate of drug-likeness (QED) is 0.338. The predicted octanol–water partition coefficient (Wildman–Crippen LogP) is 3.64. The molecule has 1 amide bonds. The van der Waals surface area contributed by atoms with Crippen molar-refractivity contribution in [3.8, 4) is 17.1 Å². The molecule has 2 aliphatic heterocycles. The fourth-order valence-electron chi connectivity index (χ4n) is 4.80. The van der Waals surface area contributed by atoms with Gasteiger partial charge in [-0.05, 0) is 54.3 Å². The average molecular weight is 518 g/mol. The van der Waals surface area contributed by atoms with Gasteiger partial charge < -0.3 is 15.2 Å². The predicted molar refractivity (Wildman–Crippen MR) is 147 cm³/mol. The zero-order valence-corrected chi connectivity index (χ0v) is 21.0. The van der Waals surface area contributed by atoms with Crippen LogP contribution in [0.4, 0.5) is 11.6 Å². The van der Waals surface area contributed by atoms with Gasteiger partial charge in [0.25, 0.3) is 5.91 Å². The summed E-state index contributed by atoms with van der Waals surface area (Å²) in [6, 6.07) is 16.7. The number of nitrogens with zero attached hydrogens (tertiary/aromatic N) is 4. The zero-order valence-electron chi connectivity index (χ0n) is 21.0. The molecule has 9 heteroatoms. The van der Waals surface area contributed by atoms with Crippen molar-refractivity contribution in [2.45, 2.75) is 39.8 Å². The lowest BCUT2D eigenvalue weighted by atomic mass is 10.0. The molecule has 0 atom stereocenters. The molecule has 200 valence electrons. The fraction of sp³-hybridized carbons (Fsp3) is 0.379. The van der Waals surface area contributed by atoms with Crippen molar-refractivity contribution in [1.29, 1.82) is 0 Å². The summed E-state index contributed by atoms with van der Waals surface area (Å²) in [4.78, 5) is 37.7. The fourth-order valence-corrected chi connectivity index (χ4v) is 4.80. The Balaban J connectivity index is 0.00000336. The molecule has 0 radical (unpaired) electrons. The first kappa shape index (κ1) is 27.2. The Morgan fingerprint density at radius 1 is 0.921 bits per heavy atom. The van der Waals surface area contributed by atoms with Crippen LogP contribution in [0.15, 0.2) is 48.5 Å². The summed E-state index contributed by atoms with van der Waals surface area (Å²) in [7, 11) is 1.56. The van der Waals surface area contributed by atoms with Gasteiger partial charge >= 0.3 is 6.01 Å². The van der Waals surface area contributed by atoms with Gasteiger partial charge in [0.2, 0.25) is 5.78 Å². The average Bonchev–Trinajstić information content (AvgIpc) is 3.41. The molecule has 2 N–H and O–H groups in total. The Bertz CT molecular complexity index is 1290. The Hall–Kier alpha value is -3.82. The highest BCUT2D eigenvalue weighted by Crippen LogP contribution is 2.31. The number of likely N-dealkylation sites (tertiary alicyclic amines) is 1. The normalized spacial score (nSPS) is 15.3. The van der Waals surface area contributed by atoms with Crippen LogP contribution in [0.1, 0.15) is 37.0 Å². The number of carbonyl (C=O) groups excluding carboxylic acids is 2. The van der Waals surface area contributed by atoms with Crippen LogP contribution in [-0.2, 0) is 33.8 Å². The van der Waals surface area contributed by atoms with Gasteiger partial charge in [-0.3, -0.25) is 19.4 Å². The number of carbonyl (C=O) groups is 2. The minimum Gasteiger partial charge on any atom is -0.461 e. The highest BCUT2D eigenvalue weighted by atomic mass is 16.5. The SMILES string of the molecule is C.COCCOc1nc(N)c2c(n1)N(Cc1ccc(-c3cccc(CN4CCCC4)c3)cc1)C(=O)C(=O)C2. The van der Waals surface area contributed by atoms with E-state index in [2.05, 4.69) is 39.1 Å². The molecule has 3 aromatic rings. The smallest absolute Gasteiger partial charge is 0.320 e. The van der Waals surface area contributed by atoms with Crippen LogP contribution in [-0.4, -0.2) is 60.0 Å². The number of fused-ring (bicyclic) bond motifs is 1. The van der Waals surface area contributed by atoms with Crippen molar-refractivity contribution in [1.82, 2.24) is 14.9 Å². The first-order chi connectivity index (χ1) is 18.0. The monoisotopic (exact) mass is 517 g/mol. The van der Waals surface area contributed by atoms with Crippen molar-refractivity contribution in [2.24, 2.45) is 0 Å². The van der Waals surface area contributed by atoms with E-state index in [0.29, 0.717) is 18.0 Å². The summed E-state index contributed by atoms with van der Waals surface area (Å²) >= 11 is 0.